The second-order valence-corrected chi connectivity index (χ2v) is 36.4. The van der Waals surface area contributed by atoms with Gasteiger partial charge in [-0.15, -0.1) is 0 Å². The van der Waals surface area contributed by atoms with E-state index in [1.165, 1.54) is 71.3 Å². The SMILES string of the molecule is COc1cc2cc(c1Cl)N(C)C(=O)C[C@H](OC(=O)[C@H](C)N(C)C(=O)CCSSC[C@H](NC(=O)[C@@H]1CSSC[C@H](NC(=O)[C@H](N)Cc3ccccc3)C(=O)N[C@@H](Cc3ccc(O)cc3)C(=O)N[C@H](Cc3c[nH]c4ccccc34)C(=O)N[C@@H](CCCCN)C(=O)NC([C@@H](C)O)C(=O)N1)C(N)=O)[C@]1(C)O[C@H]1[C@H](C)[C@@H]1C[C@@](O)(NC(=O)O1)[C@H](OC)/C=C/C=C(\C)C2. The number of aromatic nitrogens is 1. The van der Waals surface area contributed by atoms with Crippen molar-refractivity contribution < 1.29 is 96.5 Å². The quantitative estimate of drug-likeness (QED) is 0.0155. The first kappa shape index (κ1) is 96.2. The molecule has 4 aliphatic rings. The Kier molecular flexibility index (Phi) is 35.2. The van der Waals surface area contributed by atoms with Gasteiger partial charge in [-0.05, 0) is 119 Å². The number of amides is 11. The Bertz CT molecular complexity index is 4630. The maximum Gasteiger partial charge on any atom is 0.409 e. The summed E-state index contributed by atoms with van der Waals surface area (Å²) in [5, 5.41) is 55.7. The number of carbonyl (C=O) groups excluding carboxylic acids is 12. The summed E-state index contributed by atoms with van der Waals surface area (Å²) in [5.41, 5.74) is 19.2. The molecular weight excluding hydrogens is 1680 g/mol. The number of aromatic hydroxyl groups is 1. The lowest BCUT2D eigenvalue weighted by atomic mass is 9.83. The molecule has 3 saturated heterocycles. The van der Waals surface area contributed by atoms with Gasteiger partial charge in [0, 0.05) is 92.9 Å². The second kappa shape index (κ2) is 44.6. The maximum atomic E-state index is 15.1. The number of aliphatic hydroxyl groups excluding tert-OH is 1. The van der Waals surface area contributed by atoms with E-state index in [4.69, 9.17) is 52.5 Å². The number of aliphatic hydroxyl groups is 2. The number of alkyl carbamates (subject to hydrolysis) is 1. The molecule has 11 amide bonds. The Morgan fingerprint density at radius 2 is 1.52 bits per heavy atom. The predicted octanol–water partition coefficient (Wildman–Crippen LogP) is 3.31. The summed E-state index contributed by atoms with van der Waals surface area (Å²) in [6, 6.07) is 12.0. The third-order valence-electron chi connectivity index (χ3n) is 21.7. The van der Waals surface area contributed by atoms with Crippen LogP contribution in [0.15, 0.2) is 121 Å². The second-order valence-electron chi connectivity index (χ2n) is 30.8. The maximum absolute atomic E-state index is 15.1. The minimum Gasteiger partial charge on any atom is -0.508 e. The molecule has 0 radical (unpaired) electrons. The van der Waals surface area contributed by atoms with Gasteiger partial charge in [-0.2, -0.15) is 0 Å². The largest absolute Gasteiger partial charge is 0.508 e. The summed E-state index contributed by atoms with van der Waals surface area (Å²) in [5.74, 6) is -10.8. The van der Waals surface area contributed by atoms with Crippen molar-refractivity contribution in [3.05, 3.63) is 148 Å². The zero-order chi connectivity index (χ0) is 88.9. The molecule has 662 valence electrons. The van der Waals surface area contributed by atoms with Gasteiger partial charge in [0.25, 0.3) is 0 Å². The molecule has 122 heavy (non-hydrogen) atoms. The number of halogens is 1. The fourth-order valence-corrected chi connectivity index (χ4v) is 19.1. The van der Waals surface area contributed by atoms with E-state index in [2.05, 4.69) is 47.5 Å². The molecule has 1 aromatic heterocycles. The van der Waals surface area contributed by atoms with Crippen LogP contribution < -0.4 is 69.4 Å². The number of esters is 1. The number of likely N-dealkylation sites (N-methyl/N-ethyl adjacent to an activating group) is 1. The third-order valence-corrected chi connectivity index (χ3v) is 27.0. The number of para-hydroxylation sites is 1. The summed E-state index contributed by atoms with van der Waals surface area (Å²) in [6.45, 7) is 8.07. The van der Waals surface area contributed by atoms with Crippen molar-refractivity contribution in [2.24, 2.45) is 23.1 Å². The summed E-state index contributed by atoms with van der Waals surface area (Å²) in [7, 11) is 9.72. The number of benzene rings is 4. The normalized spacial score (nSPS) is 26.5. The lowest BCUT2D eigenvalue weighted by molar-refractivity contribution is -0.162. The average Bonchev–Trinajstić information content (AvgIpc) is 1.57. The number of epoxide rings is 1. The Morgan fingerprint density at radius 3 is 2.20 bits per heavy atom. The molecule has 4 aromatic carbocycles. The van der Waals surface area contributed by atoms with Gasteiger partial charge in [-0.1, -0.05) is 146 Å². The van der Waals surface area contributed by atoms with Crippen LogP contribution in [0, 0.1) is 5.92 Å². The van der Waals surface area contributed by atoms with E-state index in [0.29, 0.717) is 46.0 Å². The highest BCUT2D eigenvalue weighted by Crippen LogP contribution is 2.49. The van der Waals surface area contributed by atoms with Crippen LogP contribution in [-0.4, -0.2) is 250 Å². The lowest BCUT2D eigenvalue weighted by Gasteiger charge is -2.42. The van der Waals surface area contributed by atoms with E-state index >= 15 is 9.59 Å². The van der Waals surface area contributed by atoms with Gasteiger partial charge in [0.2, 0.25) is 59.1 Å². The van der Waals surface area contributed by atoms with Crippen LogP contribution in [0.2, 0.25) is 5.02 Å². The standard InChI is InChI=1S/C83H109ClN14O20S4/c1-44-18-17-24-65(115-9)83(113)39-64(116-81(112)96-83)45(2)71-82(5,118-71)66(38-68(102)98(7)62-35-50(32-44)36-63(114-8)69(62)84)117-80(111)46(3)97(6)67(101)29-31-119-120-41-59(72(87)103)92-78(109)61-43-122-121-42-60(93-73(104)54(86)33-48-19-11-10-12-20-48)77(108)90-57(34-49-25-27-52(100)28-26-49)75(106)91-58(37-51-40-88-55-22-14-13-21-53(51)55)76(107)89-56(23-15-16-30-85)74(105)95-70(47(4)99)79(110)94-61/h10-14,17-22,24-28,35-36,40,45-47,54,56-61,64-66,70-71,88,99-100,113H,15-16,23,29-34,37-39,41-43,85-86H2,1-9H3,(H2,87,103)(H,89,107)(H,90,108)(H,91,106)(H,92,109)(H,93,104)(H,94,110)(H,95,105)(H,96,112)/b24-17+,44-18+/t45-,46+,47-,54-,56+,57+,58-,59+,60+,61+,64+,65-,66+,70?,71+,82+,83+/m1/s1. The molecule has 17 atom stereocenters. The number of nitrogens with zero attached hydrogens (tertiary/aromatic N) is 2. The highest BCUT2D eigenvalue weighted by Gasteiger charge is 2.65. The Labute approximate surface area is 727 Å². The molecule has 18 N–H and O–H groups in total. The van der Waals surface area contributed by atoms with Gasteiger partial charge in [-0.25, -0.2) is 9.59 Å². The number of nitrogens with two attached hydrogens (primary N) is 3. The number of aromatic amines is 1. The van der Waals surface area contributed by atoms with Crippen LogP contribution in [0.3, 0.4) is 0 Å². The smallest absolute Gasteiger partial charge is 0.409 e. The number of anilines is 1. The van der Waals surface area contributed by atoms with E-state index in [-0.39, 0.29) is 96.7 Å². The highest BCUT2D eigenvalue weighted by atomic mass is 35.5. The summed E-state index contributed by atoms with van der Waals surface area (Å²) in [6.07, 6.45) is -0.267. The molecule has 0 spiro atoms. The predicted molar refractivity (Wildman–Crippen MR) is 465 cm³/mol. The number of rotatable bonds is 27. The number of unbranched alkanes of at least 4 members (excludes halogenated alkanes) is 1. The van der Waals surface area contributed by atoms with Crippen molar-refractivity contribution in [3.8, 4) is 11.5 Å². The molecule has 39 heteroatoms. The van der Waals surface area contributed by atoms with Crippen molar-refractivity contribution in [1.82, 2.24) is 52.4 Å². The molecular formula is C83H109ClN14O20S4. The molecule has 5 aromatic rings. The first-order chi connectivity index (χ1) is 58.0. The number of ether oxygens (including phenoxy) is 5. The van der Waals surface area contributed by atoms with E-state index in [9.17, 15) is 63.3 Å². The van der Waals surface area contributed by atoms with E-state index in [0.717, 1.165) is 53.6 Å². The minimum absolute atomic E-state index is 0.0522. The summed E-state index contributed by atoms with van der Waals surface area (Å²) >= 11 is 6.89. The van der Waals surface area contributed by atoms with Crippen LogP contribution in [0.4, 0.5) is 10.5 Å². The van der Waals surface area contributed by atoms with Gasteiger partial charge in [0.05, 0.1) is 37.5 Å². The van der Waals surface area contributed by atoms with Gasteiger partial charge in [0.1, 0.15) is 88.8 Å². The van der Waals surface area contributed by atoms with E-state index < -0.39 is 180 Å². The number of phenolic OH excluding ortho intramolecular Hbond substituents is 1. The average molecular weight is 1790 g/mol. The van der Waals surface area contributed by atoms with Crippen molar-refractivity contribution in [3.63, 3.8) is 0 Å². The van der Waals surface area contributed by atoms with Crippen LogP contribution in [0.5, 0.6) is 11.5 Å². The number of methoxy groups -OCH3 is 2. The first-order valence-electron chi connectivity index (χ1n) is 39.8. The molecule has 9 rings (SSSR count). The zero-order valence-corrected chi connectivity index (χ0v) is 73.2. The minimum atomic E-state index is -1.95. The van der Waals surface area contributed by atoms with Crippen molar-refractivity contribution in [2.75, 3.05) is 62.8 Å². The molecule has 0 saturated carbocycles. The third kappa shape index (κ3) is 26.0. The Hall–Kier alpha value is -9.61. The topological polar surface area (TPSA) is 512 Å². The Balaban J connectivity index is 0.910. The zero-order valence-electron chi connectivity index (χ0n) is 69.2. The number of hydrogen-bond donors (Lipinski definition) is 15. The number of carbonyl (C=O) groups is 12. The fraction of sp³-hybridized carbons (Fsp3) is 0.494. The molecule has 4 bridgehead atoms. The molecule has 0 aliphatic carbocycles. The molecule has 34 nitrogen and oxygen atoms in total. The van der Waals surface area contributed by atoms with Crippen LogP contribution in [-0.2, 0) is 97.4 Å². The van der Waals surface area contributed by atoms with Crippen molar-refractivity contribution in [2.45, 2.75) is 195 Å². The number of primary amides is 1. The number of phenols is 1. The van der Waals surface area contributed by atoms with Gasteiger partial charge in [-0.3, -0.25) is 53.3 Å². The number of H-pyrrole nitrogens is 1. The number of allylic oxidation sites excluding steroid dienone is 3. The molecule has 4 aliphatic heterocycles. The monoisotopic (exact) mass is 1780 g/mol. The fourth-order valence-electron chi connectivity index (χ4n) is 14.3. The van der Waals surface area contributed by atoms with Crippen LogP contribution >= 0.6 is 54.8 Å². The highest BCUT2D eigenvalue weighted by molar-refractivity contribution is 8.77. The van der Waals surface area contributed by atoms with E-state index in [1.807, 2.05) is 19.1 Å². The van der Waals surface area contributed by atoms with Crippen molar-refractivity contribution >= 4 is 143 Å². The van der Waals surface area contributed by atoms with Crippen LogP contribution in [0.1, 0.15) is 95.4 Å². The van der Waals surface area contributed by atoms with Crippen LogP contribution in [0.25, 0.3) is 10.9 Å². The first-order valence-corrected chi connectivity index (χ1v) is 45.2. The van der Waals surface area contributed by atoms with Crippen molar-refractivity contribution in [1.29, 1.82) is 0 Å². The number of hydrogen-bond acceptors (Lipinski definition) is 26. The van der Waals surface area contributed by atoms with Gasteiger partial charge in [0.15, 0.2) is 5.72 Å². The lowest BCUT2D eigenvalue weighted by Crippen LogP contribution is -2.63. The number of nitrogens with one attached hydrogen (secondary N) is 9. The Morgan fingerprint density at radius 1 is 0.844 bits per heavy atom. The molecule has 5 heterocycles. The molecule has 3 fully saturated rings. The molecule has 1 unspecified atom stereocenters. The van der Waals surface area contributed by atoms with Gasteiger partial charge < -0.3 is 108 Å². The van der Waals surface area contributed by atoms with E-state index in [1.54, 1.807) is 92.9 Å². The summed E-state index contributed by atoms with van der Waals surface area (Å²) < 4.78 is 29.7. The number of fused-ring (bicyclic) bond motifs is 6. The summed E-state index contributed by atoms with van der Waals surface area (Å²) in [4.78, 5) is 179. The van der Waals surface area contributed by atoms with Gasteiger partial charge >= 0.3 is 12.1 Å².